The number of carbonyl (C=O) groups excluding carboxylic acids is 2. The molecule has 0 aliphatic carbocycles. The van der Waals surface area contributed by atoms with Gasteiger partial charge in [0.25, 0.3) is 0 Å². The van der Waals surface area contributed by atoms with E-state index in [-0.39, 0.29) is 13.2 Å². The lowest BCUT2D eigenvalue weighted by Gasteiger charge is -2.48. The van der Waals surface area contributed by atoms with Gasteiger partial charge in [-0.2, -0.15) is 0 Å². The van der Waals surface area contributed by atoms with Crippen LogP contribution in [0.15, 0.2) is 59.1 Å². The Morgan fingerprint density at radius 1 is 1.00 bits per heavy atom. The third-order valence-electron chi connectivity index (χ3n) is 7.36. The molecular weight excluding hydrogens is 558 g/mol. The minimum Gasteiger partial charge on any atom is -0.493 e. The van der Waals surface area contributed by atoms with E-state index in [9.17, 15) is 9.59 Å². The van der Waals surface area contributed by atoms with Crippen molar-refractivity contribution < 1.29 is 33.3 Å². The Morgan fingerprint density at radius 2 is 1.64 bits per heavy atom. The summed E-state index contributed by atoms with van der Waals surface area (Å²) in [5.74, 6) is 0.468. The second-order valence-electron chi connectivity index (χ2n) is 9.61. The Kier molecular flexibility index (Phi) is 9.62. The summed E-state index contributed by atoms with van der Waals surface area (Å²) in [6, 6.07) is 11.7. The van der Waals surface area contributed by atoms with Crippen LogP contribution in [0.3, 0.4) is 0 Å². The lowest BCUT2D eigenvalue weighted by Crippen LogP contribution is -2.66. The summed E-state index contributed by atoms with van der Waals surface area (Å²) >= 11 is 1.34. The molecule has 3 aromatic rings. The minimum atomic E-state index is -1.34. The first-order chi connectivity index (χ1) is 20.3. The number of aromatic nitrogens is 1. The lowest BCUT2D eigenvalue weighted by molar-refractivity contribution is -0.152. The molecule has 2 heterocycles. The van der Waals surface area contributed by atoms with Gasteiger partial charge in [0.2, 0.25) is 5.75 Å². The molecule has 0 saturated carbocycles. The van der Waals surface area contributed by atoms with Gasteiger partial charge in [-0.05, 0) is 45.4 Å². The quantitative estimate of drug-likeness (QED) is 0.295. The van der Waals surface area contributed by atoms with Crippen LogP contribution >= 0.6 is 11.3 Å². The van der Waals surface area contributed by atoms with Crippen molar-refractivity contribution in [1.82, 2.24) is 10.3 Å². The number of anilines is 1. The first kappa shape index (κ1) is 30.7. The molecule has 2 N–H and O–H groups in total. The summed E-state index contributed by atoms with van der Waals surface area (Å²) in [5.41, 5.74) is 1.65. The van der Waals surface area contributed by atoms with Crippen LogP contribution < -0.4 is 24.8 Å². The first-order valence-corrected chi connectivity index (χ1v) is 14.5. The van der Waals surface area contributed by atoms with Gasteiger partial charge >= 0.3 is 11.9 Å². The second kappa shape index (κ2) is 13.2. The maximum absolute atomic E-state index is 14.1. The zero-order valence-corrected chi connectivity index (χ0v) is 25.7. The molecule has 0 saturated heterocycles. The van der Waals surface area contributed by atoms with Crippen molar-refractivity contribution in [2.45, 2.75) is 45.2 Å². The van der Waals surface area contributed by atoms with Crippen molar-refractivity contribution in [1.29, 1.82) is 0 Å². The van der Waals surface area contributed by atoms with Gasteiger partial charge in [0.15, 0.2) is 16.6 Å². The van der Waals surface area contributed by atoms with E-state index >= 15 is 0 Å². The van der Waals surface area contributed by atoms with Crippen LogP contribution in [0.1, 0.15) is 33.3 Å². The standard InChI is InChI=1S/C31H37N3O7S/c1-8-40-28(35)25-18(3)32-19(4)31(29(36)41-9-2,21-13-11-10-12-14-21)27(25)34-30-33-22(17-42-30)20-15-23(37-5)26(39-7)24(16-20)38-6/h10-17,19,27,32H,8-9H2,1-7H3,(H,33,34). The molecular formula is C31H37N3O7S. The molecule has 224 valence electrons. The molecule has 42 heavy (non-hydrogen) atoms. The zero-order chi connectivity index (χ0) is 30.4. The Bertz CT molecular complexity index is 1430. The number of thiazole rings is 1. The van der Waals surface area contributed by atoms with E-state index < -0.39 is 29.4 Å². The van der Waals surface area contributed by atoms with Crippen molar-refractivity contribution >= 4 is 28.4 Å². The maximum Gasteiger partial charge on any atom is 0.337 e. The maximum atomic E-state index is 14.1. The molecule has 0 bridgehead atoms. The van der Waals surface area contributed by atoms with Gasteiger partial charge in [-0.1, -0.05) is 30.3 Å². The van der Waals surface area contributed by atoms with E-state index in [0.717, 1.165) is 5.56 Å². The highest BCUT2D eigenvalue weighted by molar-refractivity contribution is 7.14. The fraction of sp³-hybridized carbons (Fsp3) is 0.387. The Morgan fingerprint density at radius 3 is 2.21 bits per heavy atom. The SMILES string of the molecule is CCOC(=O)C1=C(C)NC(C)C(C(=O)OCC)(c2ccccc2)C1Nc1nc(-c2cc(OC)c(OC)c(OC)c2)cs1. The van der Waals surface area contributed by atoms with Crippen LogP contribution in [0.5, 0.6) is 17.2 Å². The van der Waals surface area contributed by atoms with Crippen LogP contribution in [-0.4, -0.2) is 63.5 Å². The van der Waals surface area contributed by atoms with Gasteiger partial charge in [0.1, 0.15) is 5.41 Å². The molecule has 11 heteroatoms. The third-order valence-corrected chi connectivity index (χ3v) is 8.13. The molecule has 1 aliphatic heterocycles. The van der Waals surface area contributed by atoms with Gasteiger partial charge < -0.3 is 34.3 Å². The molecule has 0 amide bonds. The number of methoxy groups -OCH3 is 3. The number of rotatable bonds is 11. The average Bonchev–Trinajstić information content (AvgIpc) is 3.45. The number of hydrogen-bond acceptors (Lipinski definition) is 11. The van der Waals surface area contributed by atoms with E-state index in [1.165, 1.54) is 11.3 Å². The number of allylic oxidation sites excluding steroid dienone is 1. The molecule has 3 atom stereocenters. The van der Waals surface area contributed by atoms with E-state index in [4.69, 9.17) is 28.7 Å². The van der Waals surface area contributed by atoms with Gasteiger partial charge in [-0.3, -0.25) is 4.79 Å². The topological polar surface area (TPSA) is 117 Å². The van der Waals surface area contributed by atoms with Crippen molar-refractivity contribution in [2.75, 3.05) is 39.9 Å². The van der Waals surface area contributed by atoms with Crippen LogP contribution in [0.2, 0.25) is 0 Å². The molecule has 0 radical (unpaired) electrons. The number of hydrogen-bond donors (Lipinski definition) is 2. The van der Waals surface area contributed by atoms with E-state index in [1.807, 2.05) is 54.8 Å². The number of benzene rings is 2. The van der Waals surface area contributed by atoms with Crippen LogP contribution in [0.4, 0.5) is 5.13 Å². The highest BCUT2D eigenvalue weighted by Crippen LogP contribution is 2.44. The smallest absolute Gasteiger partial charge is 0.337 e. The predicted octanol–water partition coefficient (Wildman–Crippen LogP) is 4.95. The molecule has 0 spiro atoms. The summed E-state index contributed by atoms with van der Waals surface area (Å²) in [6.07, 6.45) is 0. The summed E-state index contributed by atoms with van der Waals surface area (Å²) < 4.78 is 27.7. The van der Waals surface area contributed by atoms with Crippen molar-refractivity contribution in [3.63, 3.8) is 0 Å². The number of nitrogens with zero attached hydrogens (tertiary/aromatic N) is 1. The largest absolute Gasteiger partial charge is 0.493 e. The number of nitrogens with one attached hydrogen (secondary N) is 2. The van der Waals surface area contributed by atoms with Crippen molar-refractivity contribution in [3.8, 4) is 28.5 Å². The number of esters is 2. The molecule has 1 aliphatic rings. The Hall–Kier alpha value is -4.25. The normalized spacial score (nSPS) is 19.9. The summed E-state index contributed by atoms with van der Waals surface area (Å²) in [6.45, 7) is 7.58. The van der Waals surface area contributed by atoms with E-state index in [0.29, 0.717) is 44.9 Å². The highest BCUT2D eigenvalue weighted by atomic mass is 32.1. The highest BCUT2D eigenvalue weighted by Gasteiger charge is 2.58. The monoisotopic (exact) mass is 595 g/mol. The fourth-order valence-corrected chi connectivity index (χ4v) is 6.24. The molecule has 3 unspecified atom stereocenters. The molecule has 4 rings (SSSR count). The Labute approximate surface area is 250 Å². The van der Waals surface area contributed by atoms with Crippen molar-refractivity contribution in [2.24, 2.45) is 0 Å². The minimum absolute atomic E-state index is 0.173. The number of ether oxygens (including phenoxy) is 5. The summed E-state index contributed by atoms with van der Waals surface area (Å²) in [4.78, 5) is 32.4. The van der Waals surface area contributed by atoms with Gasteiger partial charge in [-0.15, -0.1) is 11.3 Å². The zero-order valence-electron chi connectivity index (χ0n) is 24.9. The molecule has 2 aromatic carbocycles. The van der Waals surface area contributed by atoms with Crippen molar-refractivity contribution in [3.05, 3.63) is 64.7 Å². The van der Waals surface area contributed by atoms with Crippen LogP contribution in [0, 0.1) is 0 Å². The summed E-state index contributed by atoms with van der Waals surface area (Å²) in [7, 11) is 4.65. The lowest BCUT2D eigenvalue weighted by atomic mass is 9.64. The fourth-order valence-electron chi connectivity index (χ4n) is 5.49. The molecule has 1 aromatic heterocycles. The van der Waals surface area contributed by atoms with Gasteiger partial charge in [0.05, 0.1) is 51.9 Å². The van der Waals surface area contributed by atoms with E-state index in [1.54, 1.807) is 42.1 Å². The van der Waals surface area contributed by atoms with Crippen LogP contribution in [-0.2, 0) is 24.5 Å². The number of carbonyl (C=O) groups is 2. The third kappa shape index (κ3) is 5.48. The van der Waals surface area contributed by atoms with Crippen LogP contribution in [0.25, 0.3) is 11.3 Å². The first-order valence-electron chi connectivity index (χ1n) is 13.7. The predicted molar refractivity (Wildman–Crippen MR) is 161 cm³/mol. The molecule has 10 nitrogen and oxygen atoms in total. The molecule has 0 fully saturated rings. The second-order valence-corrected chi connectivity index (χ2v) is 10.5. The average molecular weight is 596 g/mol. The van der Waals surface area contributed by atoms with E-state index in [2.05, 4.69) is 10.6 Å². The summed E-state index contributed by atoms with van der Waals surface area (Å²) in [5, 5.41) is 9.19. The van der Waals surface area contributed by atoms with Gasteiger partial charge in [0, 0.05) is 22.7 Å². The van der Waals surface area contributed by atoms with Gasteiger partial charge in [-0.25, -0.2) is 9.78 Å². The Balaban J connectivity index is 1.88.